The van der Waals surface area contributed by atoms with Crippen LogP contribution in [0.3, 0.4) is 0 Å². The van der Waals surface area contributed by atoms with Gasteiger partial charge >= 0.3 is 5.97 Å². The van der Waals surface area contributed by atoms with Crippen molar-refractivity contribution in [2.24, 2.45) is 5.73 Å². The van der Waals surface area contributed by atoms with Crippen LogP contribution in [-0.2, 0) is 32.0 Å². The Morgan fingerprint density at radius 3 is 2.44 bits per heavy atom. The number of aromatic hydroxyl groups is 1. The van der Waals surface area contributed by atoms with Gasteiger partial charge in [-0.2, -0.15) is 0 Å². The molecule has 1 aromatic heterocycles. The maximum absolute atomic E-state index is 13.7. The van der Waals surface area contributed by atoms with E-state index in [1.165, 1.54) is 24.0 Å². The molecule has 12 nitrogen and oxygen atoms in total. The standard InChI is InChI=1S/C29H35N5O7/c1-16(35)25(33-26(37)21(30)13-17-8-10-19(36)11-9-17)27(38)32-23(28(39)34-12-4-7-24(34)29(40)41)14-18-15-31-22-6-3-2-5-20(18)22/h2-3,5-6,8-11,15-16,21,23-25,31,35-36H,4,7,12-14,30H2,1H3,(H,32,38)(H,33,37)(H,40,41). The van der Waals surface area contributed by atoms with Gasteiger partial charge in [0.1, 0.15) is 23.9 Å². The quantitative estimate of drug-likeness (QED) is 0.173. The van der Waals surface area contributed by atoms with Gasteiger partial charge in [-0.1, -0.05) is 30.3 Å². The topological polar surface area (TPSA) is 198 Å². The fraction of sp³-hybridized carbons (Fsp3) is 0.379. The Morgan fingerprint density at radius 1 is 1.05 bits per heavy atom. The first-order chi connectivity index (χ1) is 19.5. The van der Waals surface area contributed by atoms with Gasteiger partial charge in [-0.05, 0) is 55.5 Å². The number of H-pyrrole nitrogens is 1. The zero-order valence-electron chi connectivity index (χ0n) is 22.6. The number of phenols is 1. The van der Waals surface area contributed by atoms with Gasteiger partial charge in [-0.15, -0.1) is 0 Å². The number of nitrogens with two attached hydrogens (primary N) is 1. The first-order valence-corrected chi connectivity index (χ1v) is 13.5. The zero-order valence-corrected chi connectivity index (χ0v) is 22.6. The molecular weight excluding hydrogens is 530 g/mol. The number of hydrogen-bond acceptors (Lipinski definition) is 7. The molecule has 5 atom stereocenters. The third kappa shape index (κ3) is 7.02. The minimum Gasteiger partial charge on any atom is -0.508 e. The van der Waals surface area contributed by atoms with Crippen LogP contribution in [0.5, 0.6) is 5.75 Å². The molecule has 0 radical (unpaired) electrons. The van der Waals surface area contributed by atoms with Gasteiger partial charge in [-0.3, -0.25) is 14.4 Å². The molecule has 1 saturated heterocycles. The summed E-state index contributed by atoms with van der Waals surface area (Å²) in [6.45, 7) is 1.56. The summed E-state index contributed by atoms with van der Waals surface area (Å²) in [4.78, 5) is 56.1. The molecule has 1 aliphatic rings. The second kappa shape index (κ2) is 12.8. The number of para-hydroxylation sites is 1. The average Bonchev–Trinajstić information content (AvgIpc) is 3.60. The summed E-state index contributed by atoms with van der Waals surface area (Å²) >= 11 is 0. The number of benzene rings is 2. The number of rotatable bonds is 11. The minimum atomic E-state index is -1.43. The van der Waals surface area contributed by atoms with E-state index >= 15 is 0 Å². The zero-order chi connectivity index (χ0) is 29.7. The molecule has 0 aliphatic carbocycles. The molecule has 0 saturated carbocycles. The number of phenolic OH excluding ortho intramolecular Hbond substituents is 1. The highest BCUT2D eigenvalue weighted by atomic mass is 16.4. The van der Waals surface area contributed by atoms with Crippen LogP contribution < -0.4 is 16.4 Å². The number of likely N-dealkylation sites (tertiary alicyclic amines) is 1. The Kier molecular flexibility index (Phi) is 9.25. The number of amides is 3. The van der Waals surface area contributed by atoms with E-state index in [-0.39, 0.29) is 25.1 Å². The number of nitrogens with zero attached hydrogens (tertiary/aromatic N) is 1. The molecule has 2 aromatic carbocycles. The highest BCUT2D eigenvalue weighted by Crippen LogP contribution is 2.23. The van der Waals surface area contributed by atoms with Crippen LogP contribution >= 0.6 is 0 Å². The van der Waals surface area contributed by atoms with Crippen molar-refractivity contribution in [1.29, 1.82) is 0 Å². The lowest BCUT2D eigenvalue weighted by Gasteiger charge is -2.29. The number of aliphatic hydroxyl groups is 1. The molecule has 41 heavy (non-hydrogen) atoms. The van der Waals surface area contributed by atoms with Crippen molar-refractivity contribution in [2.45, 2.75) is 62.9 Å². The van der Waals surface area contributed by atoms with Crippen LogP contribution in [0.25, 0.3) is 10.9 Å². The first kappa shape index (κ1) is 29.6. The van der Waals surface area contributed by atoms with Crippen molar-refractivity contribution in [3.8, 4) is 5.75 Å². The number of hydrogen-bond donors (Lipinski definition) is 7. The number of aliphatic carboxylic acids is 1. The van der Waals surface area contributed by atoms with Crippen LogP contribution in [0.4, 0.5) is 0 Å². The van der Waals surface area contributed by atoms with E-state index in [1.807, 2.05) is 24.3 Å². The van der Waals surface area contributed by atoms with Gasteiger partial charge in [-0.25, -0.2) is 4.79 Å². The summed E-state index contributed by atoms with van der Waals surface area (Å²) in [7, 11) is 0. The SMILES string of the molecule is CC(O)C(NC(=O)C(N)Cc1ccc(O)cc1)C(=O)NC(Cc1c[nH]c2ccccc12)C(=O)N1CCCC1C(=O)O. The number of fused-ring (bicyclic) bond motifs is 1. The fourth-order valence-corrected chi connectivity index (χ4v) is 5.11. The number of carbonyl (C=O) groups excluding carboxylic acids is 3. The van der Waals surface area contributed by atoms with E-state index in [4.69, 9.17) is 5.73 Å². The Labute approximate surface area is 236 Å². The van der Waals surface area contributed by atoms with Crippen molar-refractivity contribution in [3.63, 3.8) is 0 Å². The van der Waals surface area contributed by atoms with Crippen LogP contribution in [-0.4, -0.2) is 85.7 Å². The monoisotopic (exact) mass is 565 g/mol. The molecule has 3 aromatic rings. The summed E-state index contributed by atoms with van der Waals surface area (Å²) in [5, 5.41) is 35.5. The lowest BCUT2D eigenvalue weighted by Crippen LogP contribution is -2.60. The van der Waals surface area contributed by atoms with Crippen molar-refractivity contribution < 1.29 is 34.5 Å². The van der Waals surface area contributed by atoms with Crippen molar-refractivity contribution in [3.05, 3.63) is 65.9 Å². The van der Waals surface area contributed by atoms with Gasteiger partial charge in [0.25, 0.3) is 0 Å². The Hall–Kier alpha value is -4.42. The summed E-state index contributed by atoms with van der Waals surface area (Å²) in [6.07, 6.45) is 1.39. The minimum absolute atomic E-state index is 0.0538. The second-order valence-electron chi connectivity index (χ2n) is 10.4. The number of aromatic nitrogens is 1. The van der Waals surface area contributed by atoms with Crippen LogP contribution in [0.15, 0.2) is 54.7 Å². The number of aliphatic hydroxyl groups excluding tert-OH is 1. The largest absolute Gasteiger partial charge is 0.508 e. The first-order valence-electron chi connectivity index (χ1n) is 13.5. The maximum Gasteiger partial charge on any atom is 0.326 e. The number of carboxylic acid groups (broad SMARTS) is 1. The Morgan fingerprint density at radius 2 is 1.76 bits per heavy atom. The van der Waals surface area contributed by atoms with Crippen molar-refractivity contribution >= 4 is 34.6 Å². The van der Waals surface area contributed by atoms with Crippen LogP contribution in [0.1, 0.15) is 30.9 Å². The van der Waals surface area contributed by atoms with E-state index in [2.05, 4.69) is 15.6 Å². The molecule has 4 rings (SSSR count). The molecule has 12 heteroatoms. The van der Waals surface area contributed by atoms with Gasteiger partial charge in [0.15, 0.2) is 0 Å². The average molecular weight is 566 g/mol. The van der Waals surface area contributed by atoms with Gasteiger partial charge in [0.2, 0.25) is 17.7 Å². The number of nitrogens with one attached hydrogen (secondary N) is 3. The molecular formula is C29H35N5O7. The third-order valence-corrected chi connectivity index (χ3v) is 7.33. The van der Waals surface area contributed by atoms with Gasteiger partial charge < -0.3 is 41.6 Å². The Bertz CT molecular complexity index is 1400. The smallest absolute Gasteiger partial charge is 0.326 e. The second-order valence-corrected chi connectivity index (χ2v) is 10.4. The number of carboxylic acids is 1. The molecule has 5 unspecified atom stereocenters. The predicted octanol–water partition coefficient (Wildman–Crippen LogP) is 0.412. The molecule has 1 fully saturated rings. The van der Waals surface area contributed by atoms with Crippen LogP contribution in [0.2, 0.25) is 0 Å². The third-order valence-electron chi connectivity index (χ3n) is 7.33. The summed E-state index contributed by atoms with van der Waals surface area (Å²) < 4.78 is 0. The molecule has 218 valence electrons. The molecule has 3 amide bonds. The van der Waals surface area contributed by atoms with E-state index < -0.39 is 54.0 Å². The molecule has 8 N–H and O–H groups in total. The van der Waals surface area contributed by atoms with Gasteiger partial charge in [0.05, 0.1) is 12.1 Å². The van der Waals surface area contributed by atoms with E-state index in [0.29, 0.717) is 18.4 Å². The normalized spacial score (nSPS) is 17.9. The highest BCUT2D eigenvalue weighted by Gasteiger charge is 2.39. The number of carbonyl (C=O) groups is 4. The lowest BCUT2D eigenvalue weighted by atomic mass is 10.0. The highest BCUT2D eigenvalue weighted by molar-refractivity contribution is 5.95. The van der Waals surface area contributed by atoms with E-state index in [0.717, 1.165) is 16.5 Å². The Balaban J connectivity index is 1.52. The fourth-order valence-electron chi connectivity index (χ4n) is 5.11. The van der Waals surface area contributed by atoms with E-state index in [9.17, 15) is 34.5 Å². The molecule has 2 heterocycles. The lowest BCUT2D eigenvalue weighted by molar-refractivity contribution is -0.149. The van der Waals surface area contributed by atoms with Gasteiger partial charge in [0, 0.05) is 30.1 Å². The van der Waals surface area contributed by atoms with Crippen molar-refractivity contribution in [1.82, 2.24) is 20.5 Å². The summed E-state index contributed by atoms with van der Waals surface area (Å²) in [5.41, 5.74) is 8.30. The summed E-state index contributed by atoms with van der Waals surface area (Å²) in [6, 6.07) is 8.95. The molecule has 0 spiro atoms. The predicted molar refractivity (Wildman–Crippen MR) is 150 cm³/mol. The van der Waals surface area contributed by atoms with Crippen molar-refractivity contribution in [2.75, 3.05) is 6.54 Å². The summed E-state index contributed by atoms with van der Waals surface area (Å²) in [5.74, 6) is -3.12. The number of aromatic amines is 1. The molecule has 0 bridgehead atoms. The molecule has 1 aliphatic heterocycles. The van der Waals surface area contributed by atoms with Crippen LogP contribution in [0, 0.1) is 0 Å². The maximum atomic E-state index is 13.7. The van der Waals surface area contributed by atoms with E-state index in [1.54, 1.807) is 18.3 Å².